The molecule has 0 aliphatic heterocycles. The van der Waals surface area contributed by atoms with Gasteiger partial charge in [0, 0.05) is 0 Å². The van der Waals surface area contributed by atoms with Gasteiger partial charge in [-0.05, 0) is 42.9 Å². The highest BCUT2D eigenvalue weighted by molar-refractivity contribution is 5.22. The Morgan fingerprint density at radius 1 is 0.210 bits per heavy atom. The third kappa shape index (κ3) is 47.2. The van der Waals surface area contributed by atoms with Crippen LogP contribution in [0.1, 0.15) is 359 Å². The van der Waals surface area contributed by atoms with Gasteiger partial charge in [-0.2, -0.15) is 0 Å². The van der Waals surface area contributed by atoms with Crippen LogP contribution in [0.2, 0.25) is 0 Å². The molecule has 0 atom stereocenters. The number of rotatable bonds is 54. The molecule has 1 rings (SSSR count). The first-order valence-corrected chi connectivity index (χ1v) is 29.9. The lowest BCUT2D eigenvalue weighted by atomic mass is 9.99. The fourth-order valence-electron chi connectivity index (χ4n) is 10.1. The van der Waals surface area contributed by atoms with E-state index in [1.54, 1.807) is 0 Å². The van der Waals surface area contributed by atoms with Gasteiger partial charge in [0.2, 0.25) is 0 Å². The summed E-state index contributed by atoms with van der Waals surface area (Å²) in [6, 6.07) is 10.7. The second kappa shape index (κ2) is 52.8. The molecule has 62 heavy (non-hydrogen) atoms. The quantitative estimate of drug-likeness (QED) is 0.0573. The van der Waals surface area contributed by atoms with Gasteiger partial charge < -0.3 is 0 Å². The van der Waals surface area contributed by atoms with E-state index in [0.29, 0.717) is 0 Å². The summed E-state index contributed by atoms with van der Waals surface area (Å²) in [5.74, 6) is 0. The fraction of sp³-hybridized carbons (Fsp3) is 0.903. The van der Waals surface area contributed by atoms with Crippen LogP contribution in [0.5, 0.6) is 0 Å². The van der Waals surface area contributed by atoms with Gasteiger partial charge in [0.15, 0.2) is 0 Å². The number of aryl methyl sites for hydroxylation is 2. The van der Waals surface area contributed by atoms with Gasteiger partial charge in [-0.3, -0.25) is 0 Å². The zero-order valence-corrected chi connectivity index (χ0v) is 43.4. The summed E-state index contributed by atoms with van der Waals surface area (Å²) in [6.45, 7) is 4.62. The van der Waals surface area contributed by atoms with Crippen LogP contribution in [0.3, 0.4) is 0 Å². The average molecular weight is 863 g/mol. The highest BCUT2D eigenvalue weighted by Gasteiger charge is 2.02. The van der Waals surface area contributed by atoms with E-state index in [2.05, 4.69) is 38.1 Å². The Labute approximate surface area is 394 Å². The van der Waals surface area contributed by atoms with Crippen molar-refractivity contribution in [2.75, 3.05) is 0 Å². The topological polar surface area (TPSA) is 0 Å². The van der Waals surface area contributed by atoms with Gasteiger partial charge >= 0.3 is 0 Å². The first-order valence-electron chi connectivity index (χ1n) is 29.9. The Morgan fingerprint density at radius 2 is 0.355 bits per heavy atom. The van der Waals surface area contributed by atoms with E-state index in [9.17, 15) is 0 Å². The van der Waals surface area contributed by atoms with E-state index in [-0.39, 0.29) is 0 Å². The molecule has 1 aromatic carbocycles. The van der Waals surface area contributed by atoms with Gasteiger partial charge in [-0.25, -0.2) is 0 Å². The maximum atomic E-state index is 3.78. The standard InChI is InChI=1S/C62H117/c1-3-5-7-9-11-13-15-17-19-21-23-25-27-29-31-33-35-37-39-41-43-45-47-49-51-53-56-61-58-55-59-62(60-61)57-54-52-50-48-46-44-42-40-38-36-34-32-30-28-26-24-22-20-18-16-14-12-10-8-6-4-2/h55,58-59H,3-54,56-57H2,1-2H3. The van der Waals surface area contributed by atoms with Crippen molar-refractivity contribution >= 4 is 0 Å². The molecule has 0 saturated heterocycles. The minimum Gasteiger partial charge on any atom is -0.0654 e. The molecule has 0 aromatic heterocycles. The number of benzene rings is 1. The molecule has 0 amide bonds. The molecule has 0 spiro atoms. The largest absolute Gasteiger partial charge is 0.0654 e. The van der Waals surface area contributed by atoms with Gasteiger partial charge in [-0.1, -0.05) is 353 Å². The summed E-state index contributed by atoms with van der Waals surface area (Å²) in [4.78, 5) is 0. The van der Waals surface area contributed by atoms with Crippen molar-refractivity contribution in [1.82, 2.24) is 0 Å². The molecular formula is C62H117. The Hall–Kier alpha value is -0.780. The van der Waals surface area contributed by atoms with Crippen molar-refractivity contribution in [2.45, 2.75) is 361 Å². The molecule has 0 bridgehead atoms. The molecule has 0 unspecified atom stereocenters. The molecule has 0 saturated carbocycles. The van der Waals surface area contributed by atoms with Crippen LogP contribution in [-0.2, 0) is 12.8 Å². The molecule has 0 aliphatic rings. The van der Waals surface area contributed by atoms with Gasteiger partial charge in [0.05, 0.1) is 0 Å². The highest BCUT2D eigenvalue weighted by atomic mass is 14.1. The van der Waals surface area contributed by atoms with Gasteiger partial charge in [-0.15, -0.1) is 0 Å². The van der Waals surface area contributed by atoms with E-state index in [1.807, 2.05) is 0 Å². The normalized spacial score (nSPS) is 11.6. The first-order chi connectivity index (χ1) is 30.9. The Morgan fingerprint density at radius 3 is 0.516 bits per heavy atom. The molecule has 0 heteroatoms. The van der Waals surface area contributed by atoms with Gasteiger partial charge in [0.1, 0.15) is 0 Å². The maximum Gasteiger partial charge on any atom is -0.0114 e. The molecule has 0 heterocycles. The molecule has 0 fully saturated rings. The fourth-order valence-corrected chi connectivity index (χ4v) is 10.1. The van der Waals surface area contributed by atoms with Crippen molar-refractivity contribution in [3.63, 3.8) is 0 Å². The third-order valence-corrected chi connectivity index (χ3v) is 14.5. The smallest absolute Gasteiger partial charge is 0.0114 e. The van der Waals surface area contributed by atoms with Crippen molar-refractivity contribution in [1.29, 1.82) is 0 Å². The van der Waals surface area contributed by atoms with Crippen LogP contribution in [0.4, 0.5) is 0 Å². The molecule has 0 aliphatic carbocycles. The summed E-state index contributed by atoms with van der Waals surface area (Å²) in [6.07, 6.45) is 78.6. The van der Waals surface area contributed by atoms with Crippen LogP contribution >= 0.6 is 0 Å². The Bertz CT molecular complexity index is 858. The molecule has 0 nitrogen and oxygen atoms in total. The SMILES string of the molecule is CCCCCCCCCCCCCCCCCCCCCCCCCCCCc1[c]c(CCCCCCCCCCCCCCCCCCCCCCCCCCCC)ccc1. The molecule has 365 valence electrons. The lowest BCUT2D eigenvalue weighted by Crippen LogP contribution is -1.92. The van der Waals surface area contributed by atoms with Crippen LogP contribution in [-0.4, -0.2) is 0 Å². The van der Waals surface area contributed by atoms with E-state index in [0.717, 1.165) is 0 Å². The summed E-state index contributed by atoms with van der Waals surface area (Å²) < 4.78 is 0. The van der Waals surface area contributed by atoms with Crippen molar-refractivity contribution in [3.8, 4) is 0 Å². The van der Waals surface area contributed by atoms with E-state index < -0.39 is 0 Å². The van der Waals surface area contributed by atoms with Crippen molar-refractivity contribution < 1.29 is 0 Å². The minimum atomic E-state index is 1.23. The number of hydrogen-bond donors (Lipinski definition) is 0. The molecule has 1 radical (unpaired) electrons. The van der Waals surface area contributed by atoms with Crippen LogP contribution in [0.25, 0.3) is 0 Å². The lowest BCUT2D eigenvalue weighted by Gasteiger charge is -2.06. The third-order valence-electron chi connectivity index (χ3n) is 14.5. The number of unbranched alkanes of at least 4 members (excludes halogenated alkanes) is 50. The maximum absolute atomic E-state index is 3.78. The van der Waals surface area contributed by atoms with E-state index in [4.69, 9.17) is 0 Å². The molecular weight excluding hydrogens is 745 g/mol. The van der Waals surface area contributed by atoms with E-state index in [1.165, 1.54) is 358 Å². The molecule has 1 aromatic rings. The summed E-state index contributed by atoms with van der Waals surface area (Å²) >= 11 is 0. The second-order valence-corrected chi connectivity index (χ2v) is 20.9. The average Bonchev–Trinajstić information content (AvgIpc) is 3.29. The monoisotopic (exact) mass is 862 g/mol. The lowest BCUT2D eigenvalue weighted by molar-refractivity contribution is 0.515. The minimum absolute atomic E-state index is 1.23. The zero-order chi connectivity index (χ0) is 44.2. The number of hydrogen-bond acceptors (Lipinski definition) is 0. The Kier molecular flexibility index (Phi) is 50.5. The van der Waals surface area contributed by atoms with Crippen LogP contribution in [0.15, 0.2) is 18.2 Å². The van der Waals surface area contributed by atoms with Gasteiger partial charge in [0.25, 0.3) is 0 Å². The van der Waals surface area contributed by atoms with E-state index >= 15 is 0 Å². The summed E-state index contributed by atoms with van der Waals surface area (Å²) in [7, 11) is 0. The Balaban J connectivity index is 1.75. The van der Waals surface area contributed by atoms with Crippen LogP contribution < -0.4 is 0 Å². The van der Waals surface area contributed by atoms with Crippen molar-refractivity contribution in [2.24, 2.45) is 0 Å². The zero-order valence-electron chi connectivity index (χ0n) is 43.4. The predicted octanol–water partition coefficient (Wildman–Crippen LogP) is 22.9. The summed E-state index contributed by atoms with van der Waals surface area (Å²) in [5, 5.41) is 0. The van der Waals surface area contributed by atoms with Crippen LogP contribution in [0, 0.1) is 6.07 Å². The predicted molar refractivity (Wildman–Crippen MR) is 284 cm³/mol. The summed E-state index contributed by atoms with van der Waals surface area (Å²) in [5.41, 5.74) is 2.92. The molecule has 0 N–H and O–H groups in total. The second-order valence-electron chi connectivity index (χ2n) is 20.9. The van der Waals surface area contributed by atoms with Crippen molar-refractivity contribution in [3.05, 3.63) is 35.4 Å². The first kappa shape index (κ1) is 59.2. The highest BCUT2D eigenvalue weighted by Crippen LogP contribution is 2.19.